The highest BCUT2D eigenvalue weighted by Gasteiger charge is 2.11. The van der Waals surface area contributed by atoms with Crippen molar-refractivity contribution in [1.29, 1.82) is 0 Å². The molecule has 0 unspecified atom stereocenters. The van der Waals surface area contributed by atoms with E-state index in [0.29, 0.717) is 16.9 Å². The van der Waals surface area contributed by atoms with Crippen molar-refractivity contribution in [3.05, 3.63) is 82.7 Å². The van der Waals surface area contributed by atoms with E-state index in [-0.39, 0.29) is 24.0 Å². The summed E-state index contributed by atoms with van der Waals surface area (Å²) < 4.78 is 5.72. The minimum Gasteiger partial charge on any atom is -0.444 e. The minimum atomic E-state index is -0.330. The van der Waals surface area contributed by atoms with E-state index in [1.54, 1.807) is 24.3 Å². The molecule has 29 heavy (non-hydrogen) atoms. The summed E-state index contributed by atoms with van der Waals surface area (Å²) in [6.45, 7) is 1.29. The number of carbonyl (C=O) groups excluding carboxylic acids is 2. The van der Waals surface area contributed by atoms with Gasteiger partial charge in [-0.1, -0.05) is 30.3 Å². The normalized spacial score (nSPS) is 10.4. The molecule has 150 valence electrons. The quantitative estimate of drug-likeness (QED) is 0.536. The molecule has 0 saturated carbocycles. The van der Waals surface area contributed by atoms with E-state index in [0.717, 1.165) is 17.8 Å². The van der Waals surface area contributed by atoms with Crippen molar-refractivity contribution in [3.63, 3.8) is 0 Å². The number of furan rings is 1. The molecule has 3 rings (SSSR count). The lowest BCUT2D eigenvalue weighted by atomic mass is 10.1. The number of likely N-dealkylation sites (N-methyl/N-ethyl adjacent to an activating group) is 1. The van der Waals surface area contributed by atoms with Crippen LogP contribution in [-0.2, 0) is 11.2 Å². The van der Waals surface area contributed by atoms with Crippen LogP contribution in [0.5, 0.6) is 0 Å². The molecule has 1 heterocycles. The maximum atomic E-state index is 12.2. The van der Waals surface area contributed by atoms with Gasteiger partial charge in [0.25, 0.3) is 5.91 Å². The van der Waals surface area contributed by atoms with Crippen molar-refractivity contribution in [2.24, 2.45) is 0 Å². The van der Waals surface area contributed by atoms with E-state index in [4.69, 9.17) is 4.42 Å². The lowest BCUT2D eigenvalue weighted by molar-refractivity contribution is -0.120. The van der Waals surface area contributed by atoms with E-state index in [2.05, 4.69) is 31.5 Å². The van der Waals surface area contributed by atoms with E-state index in [1.165, 1.54) is 0 Å². The number of nitrogens with zero attached hydrogens (tertiary/aromatic N) is 1. The van der Waals surface area contributed by atoms with Crippen LogP contribution in [0.3, 0.4) is 0 Å². The standard InChI is InChI=1S/C22H22BrN3O3/c1-26(18-5-3-2-4-6-18)14-13-24-21(27)15-16-7-9-17(10-8-16)25-22(28)19-11-12-20(23)29-19/h2-12H,13-15H2,1H3,(H,24,27)(H,25,28). The molecule has 0 saturated heterocycles. The van der Waals surface area contributed by atoms with Crippen LogP contribution in [0.25, 0.3) is 0 Å². The third-order valence-corrected chi connectivity index (χ3v) is 4.77. The number of para-hydroxylation sites is 1. The lowest BCUT2D eigenvalue weighted by Gasteiger charge is -2.19. The van der Waals surface area contributed by atoms with Crippen molar-refractivity contribution in [3.8, 4) is 0 Å². The summed E-state index contributed by atoms with van der Waals surface area (Å²) >= 11 is 3.17. The number of anilines is 2. The summed E-state index contributed by atoms with van der Waals surface area (Å²) in [5.41, 5.74) is 2.62. The molecule has 0 aliphatic heterocycles. The molecule has 0 atom stereocenters. The van der Waals surface area contributed by atoms with Crippen molar-refractivity contribution in [2.75, 3.05) is 30.4 Å². The SMILES string of the molecule is CN(CCNC(=O)Cc1ccc(NC(=O)c2ccc(Br)o2)cc1)c1ccccc1. The van der Waals surface area contributed by atoms with E-state index in [1.807, 2.05) is 49.5 Å². The third kappa shape index (κ3) is 6.22. The van der Waals surface area contributed by atoms with Crippen LogP contribution in [0.2, 0.25) is 0 Å². The Balaban J connectivity index is 1.43. The molecular weight excluding hydrogens is 434 g/mol. The first-order valence-corrected chi connectivity index (χ1v) is 9.99. The molecule has 3 aromatic rings. The fourth-order valence-corrected chi connectivity index (χ4v) is 3.06. The van der Waals surface area contributed by atoms with Crippen LogP contribution in [0, 0.1) is 0 Å². The fraction of sp³-hybridized carbons (Fsp3) is 0.182. The maximum Gasteiger partial charge on any atom is 0.291 e. The first-order valence-electron chi connectivity index (χ1n) is 9.20. The van der Waals surface area contributed by atoms with Gasteiger partial charge in [0.15, 0.2) is 10.4 Å². The Hall–Kier alpha value is -3.06. The van der Waals surface area contributed by atoms with Gasteiger partial charge in [0.2, 0.25) is 5.91 Å². The predicted octanol–water partition coefficient (Wildman–Crippen LogP) is 4.09. The van der Waals surface area contributed by atoms with Crippen LogP contribution >= 0.6 is 15.9 Å². The molecule has 2 N–H and O–H groups in total. The minimum absolute atomic E-state index is 0.0383. The van der Waals surface area contributed by atoms with Crippen LogP contribution in [0.1, 0.15) is 16.1 Å². The van der Waals surface area contributed by atoms with Gasteiger partial charge in [-0.2, -0.15) is 0 Å². The van der Waals surface area contributed by atoms with E-state index < -0.39 is 0 Å². The molecule has 0 fully saturated rings. The smallest absolute Gasteiger partial charge is 0.291 e. The molecule has 2 amide bonds. The van der Waals surface area contributed by atoms with Gasteiger partial charge in [-0.15, -0.1) is 0 Å². The van der Waals surface area contributed by atoms with E-state index >= 15 is 0 Å². The van der Waals surface area contributed by atoms with Crippen molar-refractivity contribution < 1.29 is 14.0 Å². The number of hydrogen-bond acceptors (Lipinski definition) is 4. The second kappa shape index (κ2) is 9.93. The highest BCUT2D eigenvalue weighted by molar-refractivity contribution is 9.10. The monoisotopic (exact) mass is 455 g/mol. The van der Waals surface area contributed by atoms with Crippen LogP contribution in [0.4, 0.5) is 11.4 Å². The molecule has 0 radical (unpaired) electrons. The first kappa shape index (κ1) is 20.7. The van der Waals surface area contributed by atoms with Crippen molar-refractivity contribution in [1.82, 2.24) is 5.32 Å². The molecule has 0 bridgehead atoms. The van der Waals surface area contributed by atoms with Crippen LogP contribution in [-0.4, -0.2) is 32.0 Å². The Morgan fingerprint density at radius 2 is 1.72 bits per heavy atom. The molecule has 7 heteroatoms. The highest BCUT2D eigenvalue weighted by atomic mass is 79.9. The summed E-state index contributed by atoms with van der Waals surface area (Å²) in [7, 11) is 2.00. The summed E-state index contributed by atoms with van der Waals surface area (Å²) in [6.07, 6.45) is 0.286. The number of nitrogens with one attached hydrogen (secondary N) is 2. The largest absolute Gasteiger partial charge is 0.444 e. The van der Waals surface area contributed by atoms with Gasteiger partial charge in [-0.25, -0.2) is 0 Å². The molecule has 0 aliphatic rings. The zero-order valence-corrected chi connectivity index (χ0v) is 17.6. The first-order chi connectivity index (χ1) is 14.0. The number of benzene rings is 2. The molecule has 2 aromatic carbocycles. The summed E-state index contributed by atoms with van der Waals surface area (Å²) in [6, 6.07) is 20.5. The number of rotatable bonds is 8. The molecule has 6 nitrogen and oxygen atoms in total. The Bertz CT molecular complexity index is 955. The van der Waals surface area contributed by atoms with Crippen LogP contribution < -0.4 is 15.5 Å². The maximum absolute atomic E-state index is 12.2. The zero-order valence-electron chi connectivity index (χ0n) is 16.0. The predicted molar refractivity (Wildman–Crippen MR) is 117 cm³/mol. The Morgan fingerprint density at radius 1 is 1.00 bits per heavy atom. The molecule has 0 aliphatic carbocycles. The summed E-state index contributed by atoms with van der Waals surface area (Å²) in [4.78, 5) is 26.3. The zero-order chi connectivity index (χ0) is 20.6. The van der Waals surface area contributed by atoms with Crippen molar-refractivity contribution in [2.45, 2.75) is 6.42 Å². The van der Waals surface area contributed by atoms with Gasteiger partial charge < -0.3 is 20.0 Å². The summed E-state index contributed by atoms with van der Waals surface area (Å²) in [5, 5.41) is 5.69. The van der Waals surface area contributed by atoms with Gasteiger partial charge in [0, 0.05) is 31.5 Å². The third-order valence-electron chi connectivity index (χ3n) is 4.34. The van der Waals surface area contributed by atoms with E-state index in [9.17, 15) is 9.59 Å². The van der Waals surface area contributed by atoms with Crippen molar-refractivity contribution >= 4 is 39.1 Å². The Morgan fingerprint density at radius 3 is 2.38 bits per heavy atom. The number of hydrogen-bond donors (Lipinski definition) is 2. The average Bonchev–Trinajstić information content (AvgIpc) is 3.16. The Kier molecular flexibility index (Phi) is 7.08. The molecular formula is C22H22BrN3O3. The van der Waals surface area contributed by atoms with Gasteiger partial charge in [0.05, 0.1) is 6.42 Å². The molecule has 0 spiro atoms. The second-order valence-corrected chi connectivity index (χ2v) is 7.32. The van der Waals surface area contributed by atoms with Gasteiger partial charge in [-0.3, -0.25) is 9.59 Å². The van der Waals surface area contributed by atoms with Gasteiger partial charge >= 0.3 is 0 Å². The van der Waals surface area contributed by atoms with Gasteiger partial charge in [0.1, 0.15) is 0 Å². The Labute approximate surface area is 178 Å². The molecule has 1 aromatic heterocycles. The van der Waals surface area contributed by atoms with Gasteiger partial charge in [-0.05, 0) is 57.9 Å². The number of amides is 2. The second-order valence-electron chi connectivity index (χ2n) is 6.54. The highest BCUT2D eigenvalue weighted by Crippen LogP contribution is 2.16. The lowest BCUT2D eigenvalue weighted by Crippen LogP contribution is -2.33. The number of halogens is 1. The fourth-order valence-electron chi connectivity index (χ4n) is 2.76. The average molecular weight is 456 g/mol. The topological polar surface area (TPSA) is 74.6 Å². The number of carbonyl (C=O) groups is 2. The summed E-state index contributed by atoms with van der Waals surface area (Å²) in [5.74, 6) is -0.145. The van der Waals surface area contributed by atoms with Crippen LogP contribution in [0.15, 0.2) is 75.8 Å².